The van der Waals surface area contributed by atoms with E-state index in [1.54, 1.807) is 0 Å². The molecule has 0 saturated carbocycles. The SMILES string of the molecule is [Al+3].[Cr+3].[Cu+2].[O-2].[O-2].[O-2].[O-2].[O-2].[Zn+2]. The Balaban J connectivity index is 0. The van der Waals surface area contributed by atoms with E-state index in [1.165, 1.54) is 0 Å². The zero-order valence-corrected chi connectivity index (χ0v) is 10.4. The summed E-state index contributed by atoms with van der Waals surface area (Å²) < 4.78 is 0. The van der Waals surface area contributed by atoms with E-state index in [0.29, 0.717) is 0 Å². The van der Waals surface area contributed by atoms with Crippen molar-refractivity contribution >= 4 is 17.4 Å². The molecule has 0 heterocycles. The Bertz CT molecular complexity index is 16.9. The van der Waals surface area contributed by atoms with E-state index in [2.05, 4.69) is 0 Å². The topological polar surface area (TPSA) is 142 Å². The fourth-order valence-electron chi connectivity index (χ4n) is 0. The molecule has 9 heavy (non-hydrogen) atoms. The van der Waals surface area contributed by atoms with Crippen LogP contribution in [0.4, 0.5) is 0 Å². The summed E-state index contributed by atoms with van der Waals surface area (Å²) in [6.45, 7) is 0. The molecule has 0 N–H and O–H groups in total. The maximum absolute atomic E-state index is 0. The molecular weight excluding hydrogens is 288 g/mol. The summed E-state index contributed by atoms with van der Waals surface area (Å²) in [6, 6.07) is 0. The summed E-state index contributed by atoms with van der Waals surface area (Å²) in [5.41, 5.74) is 0. The summed E-state index contributed by atoms with van der Waals surface area (Å²) in [4.78, 5) is 0. The Morgan fingerprint density at radius 3 is 0.556 bits per heavy atom. The van der Waals surface area contributed by atoms with Crippen molar-refractivity contribution in [3.8, 4) is 0 Å². The largest absolute Gasteiger partial charge is 3.00 e. The fourth-order valence-corrected chi connectivity index (χ4v) is 0. The smallest absolute Gasteiger partial charge is 2.00 e. The van der Waals surface area contributed by atoms with Gasteiger partial charge in [-0.05, 0) is 0 Å². The standard InChI is InChI=1S/Al.Cr.Cu.5O.Zn/q2*+3;+2;5*-2;+2. The maximum Gasteiger partial charge on any atom is 3.00 e. The minimum Gasteiger partial charge on any atom is -2.00 e. The molecule has 0 aliphatic carbocycles. The Kier molecular flexibility index (Phi) is 6120. The van der Waals surface area contributed by atoms with Crippen molar-refractivity contribution in [3.05, 3.63) is 0 Å². The van der Waals surface area contributed by atoms with Gasteiger partial charge in [0.05, 0.1) is 0 Å². The normalized spacial score (nSPS) is 0. The molecule has 0 aromatic carbocycles. The van der Waals surface area contributed by atoms with Gasteiger partial charge >= 0.3 is 71.3 Å². The molecule has 0 fully saturated rings. The van der Waals surface area contributed by atoms with Crippen LogP contribution in [0.25, 0.3) is 0 Å². The van der Waals surface area contributed by atoms with Crippen LogP contribution in [-0.2, 0) is 81.3 Å². The van der Waals surface area contributed by atoms with Crippen molar-refractivity contribution in [1.82, 2.24) is 0 Å². The summed E-state index contributed by atoms with van der Waals surface area (Å²) in [5.74, 6) is 0. The van der Waals surface area contributed by atoms with Crippen LogP contribution >= 0.6 is 0 Å². The zero-order valence-electron chi connectivity index (χ0n) is 4.04. The van der Waals surface area contributed by atoms with Crippen LogP contribution in [0, 0.1) is 0 Å². The fraction of sp³-hybridized carbons (Fsp3) is 0. The van der Waals surface area contributed by atoms with Crippen molar-refractivity contribution in [2.45, 2.75) is 0 Å². The molecule has 0 atom stereocenters. The van der Waals surface area contributed by atoms with Gasteiger partial charge in [0.25, 0.3) is 0 Å². The van der Waals surface area contributed by atoms with E-state index in [-0.39, 0.29) is 98.6 Å². The van der Waals surface area contributed by atoms with Crippen molar-refractivity contribution in [2.24, 2.45) is 0 Å². The molecule has 2 radical (unpaired) electrons. The first-order chi connectivity index (χ1) is 0. The van der Waals surface area contributed by atoms with Gasteiger partial charge < -0.3 is 27.4 Å². The van der Waals surface area contributed by atoms with Gasteiger partial charge in [0.15, 0.2) is 0 Å². The van der Waals surface area contributed by atoms with Crippen molar-refractivity contribution in [1.29, 1.82) is 0 Å². The molecule has 52 valence electrons. The van der Waals surface area contributed by atoms with Gasteiger partial charge in [0, 0.05) is 0 Å². The van der Waals surface area contributed by atoms with Gasteiger partial charge in [-0.15, -0.1) is 0 Å². The summed E-state index contributed by atoms with van der Waals surface area (Å²) in [6.07, 6.45) is 0. The van der Waals surface area contributed by atoms with E-state index < -0.39 is 0 Å². The summed E-state index contributed by atoms with van der Waals surface area (Å²) in [7, 11) is 0. The average molecular weight is 288 g/mol. The first kappa shape index (κ1) is 273. The first-order valence-electron chi connectivity index (χ1n) is 0. The monoisotopic (exact) mass is 286 g/mol. The second-order valence-electron chi connectivity index (χ2n) is 0. The molecule has 0 unspecified atom stereocenters. The third-order valence-electron chi connectivity index (χ3n) is 0. The Morgan fingerprint density at radius 2 is 0.556 bits per heavy atom. The Morgan fingerprint density at radius 1 is 0.556 bits per heavy atom. The molecule has 9 heteroatoms. The van der Waals surface area contributed by atoms with Gasteiger partial charge in [-0.25, -0.2) is 0 Å². The van der Waals surface area contributed by atoms with Crippen molar-refractivity contribution in [3.63, 3.8) is 0 Å². The van der Waals surface area contributed by atoms with Crippen molar-refractivity contribution < 1.29 is 81.3 Å². The van der Waals surface area contributed by atoms with Gasteiger partial charge in [-0.3, -0.25) is 0 Å². The van der Waals surface area contributed by atoms with Crippen LogP contribution < -0.4 is 0 Å². The molecule has 0 aromatic heterocycles. The van der Waals surface area contributed by atoms with Gasteiger partial charge in [-0.1, -0.05) is 0 Å². The van der Waals surface area contributed by atoms with Crippen LogP contribution in [-0.4, -0.2) is 17.4 Å². The zero-order chi connectivity index (χ0) is 0. The van der Waals surface area contributed by atoms with E-state index in [0.717, 1.165) is 0 Å². The second kappa shape index (κ2) is 201. The molecule has 5 nitrogen and oxygen atoms in total. The molecule has 0 aliphatic rings. The van der Waals surface area contributed by atoms with Gasteiger partial charge in [0.2, 0.25) is 0 Å². The van der Waals surface area contributed by atoms with Crippen LogP contribution in [0.5, 0.6) is 0 Å². The van der Waals surface area contributed by atoms with E-state index in [4.69, 9.17) is 0 Å². The van der Waals surface area contributed by atoms with Gasteiger partial charge in [0.1, 0.15) is 0 Å². The maximum atomic E-state index is 0. The predicted molar refractivity (Wildman–Crippen MR) is 9.19 cm³/mol. The quantitative estimate of drug-likeness (QED) is 0.505. The van der Waals surface area contributed by atoms with Crippen LogP contribution in [0.15, 0.2) is 0 Å². The molecule has 0 amide bonds. The second-order valence-corrected chi connectivity index (χ2v) is 0. The molecule has 0 saturated heterocycles. The Labute approximate surface area is 98.0 Å². The molecular formula is AlCrCuO5Zn. The third-order valence-corrected chi connectivity index (χ3v) is 0. The van der Waals surface area contributed by atoms with Crippen LogP contribution in [0.1, 0.15) is 0 Å². The minimum absolute atomic E-state index is 0. The van der Waals surface area contributed by atoms with Crippen molar-refractivity contribution in [2.75, 3.05) is 0 Å². The average Bonchev–Trinajstić information content (AvgIpc) is 0. The molecule has 0 aliphatic heterocycles. The molecule has 0 rings (SSSR count). The third kappa shape index (κ3) is 159. The van der Waals surface area contributed by atoms with Crippen LogP contribution in [0.3, 0.4) is 0 Å². The van der Waals surface area contributed by atoms with E-state index >= 15 is 0 Å². The predicted octanol–water partition coefficient (Wildman–Crippen LogP) is -0.982. The summed E-state index contributed by atoms with van der Waals surface area (Å²) in [5, 5.41) is 0. The van der Waals surface area contributed by atoms with Gasteiger partial charge in [-0.2, -0.15) is 0 Å². The molecule has 0 bridgehead atoms. The number of rotatable bonds is 0. The van der Waals surface area contributed by atoms with E-state index in [9.17, 15) is 0 Å². The molecule has 0 spiro atoms. The summed E-state index contributed by atoms with van der Waals surface area (Å²) >= 11 is 0. The van der Waals surface area contributed by atoms with E-state index in [1.807, 2.05) is 0 Å². The number of hydrogen-bond donors (Lipinski definition) is 0. The number of hydrogen-bond acceptors (Lipinski definition) is 0. The van der Waals surface area contributed by atoms with Crippen LogP contribution in [0.2, 0.25) is 0 Å². The first-order valence-corrected chi connectivity index (χ1v) is 0. The molecule has 0 aromatic rings. The minimum atomic E-state index is 0. The Hall–Kier alpha value is 2.01.